The molecule has 0 aromatic carbocycles. The maximum atomic E-state index is 10.6. The third-order valence-electron chi connectivity index (χ3n) is 1.82. The zero-order valence-corrected chi connectivity index (χ0v) is 9.64. The summed E-state index contributed by atoms with van der Waals surface area (Å²) in [5.41, 5.74) is 6.08. The third kappa shape index (κ3) is 6.97. The van der Waals surface area contributed by atoms with Crippen LogP contribution in [-0.2, 0) is 4.79 Å². The summed E-state index contributed by atoms with van der Waals surface area (Å²) in [6.07, 6.45) is 3.35. The van der Waals surface area contributed by atoms with Gasteiger partial charge in [-0.2, -0.15) is 11.8 Å². The van der Waals surface area contributed by atoms with E-state index in [2.05, 4.69) is 0 Å². The fourth-order valence-electron chi connectivity index (χ4n) is 0.895. The van der Waals surface area contributed by atoms with Gasteiger partial charge >= 0.3 is 5.97 Å². The minimum atomic E-state index is -0.805. The molecule has 3 nitrogen and oxygen atoms in total. The summed E-state index contributed by atoms with van der Waals surface area (Å²) in [4.78, 5) is 10.6. The van der Waals surface area contributed by atoms with Crippen molar-refractivity contribution in [3.05, 3.63) is 11.6 Å². The molecule has 0 aliphatic carbocycles. The van der Waals surface area contributed by atoms with Crippen molar-refractivity contribution in [2.24, 2.45) is 5.73 Å². The molecule has 0 saturated carbocycles. The second kappa shape index (κ2) is 7.88. The molecule has 1 atom stereocenters. The predicted octanol–water partition coefficient (Wildman–Crippen LogP) is 1.88. The molecule has 0 spiro atoms. The molecule has 82 valence electrons. The molecule has 14 heavy (non-hydrogen) atoms. The second-order valence-electron chi connectivity index (χ2n) is 3.23. The molecular formula is C10H19NO2S. The molecule has 0 saturated heterocycles. The van der Waals surface area contributed by atoms with Crippen molar-refractivity contribution >= 4 is 17.7 Å². The van der Waals surface area contributed by atoms with Crippen molar-refractivity contribution < 1.29 is 9.90 Å². The van der Waals surface area contributed by atoms with Gasteiger partial charge in [0.15, 0.2) is 0 Å². The quantitative estimate of drug-likeness (QED) is 0.505. The summed E-state index contributed by atoms with van der Waals surface area (Å²) >= 11 is 1.72. The highest BCUT2D eigenvalue weighted by Crippen LogP contribution is 2.08. The first-order valence-electron chi connectivity index (χ1n) is 4.83. The summed E-state index contributed by atoms with van der Waals surface area (Å²) in [5.74, 6) is 0.952. The normalized spacial score (nSPS) is 14.1. The number of nitrogens with two attached hydrogens (primary N) is 1. The molecule has 3 N–H and O–H groups in total. The fraction of sp³-hybridized carbons (Fsp3) is 0.700. The first kappa shape index (κ1) is 13.5. The van der Waals surface area contributed by atoms with Gasteiger partial charge in [0, 0.05) is 17.4 Å². The number of hydrogen-bond donors (Lipinski definition) is 2. The van der Waals surface area contributed by atoms with Crippen LogP contribution in [0.3, 0.4) is 0 Å². The first-order chi connectivity index (χ1) is 6.57. The van der Waals surface area contributed by atoms with E-state index in [1.807, 2.05) is 13.8 Å². The van der Waals surface area contributed by atoms with Crippen LogP contribution in [0.25, 0.3) is 0 Å². The lowest BCUT2D eigenvalue weighted by atomic mass is 10.2. The van der Waals surface area contributed by atoms with Gasteiger partial charge < -0.3 is 10.8 Å². The highest BCUT2D eigenvalue weighted by molar-refractivity contribution is 7.99. The Balaban J connectivity index is 3.64. The van der Waals surface area contributed by atoms with Gasteiger partial charge in [-0.1, -0.05) is 13.0 Å². The number of thioether (sulfide) groups is 1. The van der Waals surface area contributed by atoms with Crippen LogP contribution in [0.4, 0.5) is 0 Å². The van der Waals surface area contributed by atoms with E-state index in [1.165, 1.54) is 0 Å². The van der Waals surface area contributed by atoms with E-state index in [9.17, 15) is 4.79 Å². The second-order valence-corrected chi connectivity index (χ2v) is 4.38. The molecule has 0 rings (SSSR count). The average molecular weight is 217 g/mol. The molecule has 0 amide bonds. The molecule has 0 aliphatic rings. The van der Waals surface area contributed by atoms with E-state index in [4.69, 9.17) is 10.8 Å². The SMILES string of the molecule is CCC(=CCSCCC(C)N)C(=O)O. The summed E-state index contributed by atoms with van der Waals surface area (Å²) in [6, 6.07) is 0.233. The van der Waals surface area contributed by atoms with E-state index in [0.29, 0.717) is 12.0 Å². The lowest BCUT2D eigenvalue weighted by Gasteiger charge is -2.03. The van der Waals surface area contributed by atoms with Crippen molar-refractivity contribution in [2.45, 2.75) is 32.7 Å². The lowest BCUT2D eigenvalue weighted by molar-refractivity contribution is -0.132. The van der Waals surface area contributed by atoms with Crippen LogP contribution >= 0.6 is 11.8 Å². The van der Waals surface area contributed by atoms with E-state index in [-0.39, 0.29) is 6.04 Å². The maximum absolute atomic E-state index is 10.6. The van der Waals surface area contributed by atoms with Gasteiger partial charge in [0.2, 0.25) is 0 Å². The minimum absolute atomic E-state index is 0.233. The Morgan fingerprint density at radius 2 is 2.29 bits per heavy atom. The smallest absolute Gasteiger partial charge is 0.331 e. The molecule has 0 radical (unpaired) electrons. The molecule has 0 aromatic rings. The van der Waals surface area contributed by atoms with E-state index >= 15 is 0 Å². The van der Waals surface area contributed by atoms with Gasteiger partial charge in [-0.3, -0.25) is 0 Å². The van der Waals surface area contributed by atoms with Crippen LogP contribution < -0.4 is 5.73 Å². The molecule has 0 fully saturated rings. The number of rotatable bonds is 7. The monoisotopic (exact) mass is 217 g/mol. The minimum Gasteiger partial charge on any atom is -0.478 e. The van der Waals surface area contributed by atoms with Gasteiger partial charge in [0.1, 0.15) is 0 Å². The fourth-order valence-corrected chi connectivity index (χ4v) is 1.92. The standard InChI is InChI=1S/C10H19NO2S/c1-3-9(10(12)13)5-7-14-6-4-8(2)11/h5,8H,3-4,6-7,11H2,1-2H3,(H,12,13). The summed E-state index contributed by atoms with van der Waals surface area (Å²) < 4.78 is 0. The Labute approximate surface area is 89.8 Å². The van der Waals surface area contributed by atoms with Gasteiger partial charge in [0.25, 0.3) is 0 Å². The Hall–Kier alpha value is -0.480. The largest absolute Gasteiger partial charge is 0.478 e. The molecule has 0 bridgehead atoms. The number of hydrogen-bond acceptors (Lipinski definition) is 3. The molecule has 0 heterocycles. The van der Waals surface area contributed by atoms with Gasteiger partial charge in [0.05, 0.1) is 0 Å². The number of carboxylic acids is 1. The summed E-state index contributed by atoms with van der Waals surface area (Å²) in [5, 5.41) is 8.72. The molecule has 1 unspecified atom stereocenters. The van der Waals surface area contributed by atoms with Crippen molar-refractivity contribution in [2.75, 3.05) is 11.5 Å². The van der Waals surface area contributed by atoms with Crippen LogP contribution in [0.1, 0.15) is 26.7 Å². The van der Waals surface area contributed by atoms with E-state index < -0.39 is 5.97 Å². The summed E-state index contributed by atoms with van der Waals surface area (Å²) in [7, 11) is 0. The third-order valence-corrected chi connectivity index (χ3v) is 2.75. The first-order valence-corrected chi connectivity index (χ1v) is 5.99. The van der Waals surface area contributed by atoms with Crippen LogP contribution in [0, 0.1) is 0 Å². The number of carbonyl (C=O) groups is 1. The van der Waals surface area contributed by atoms with Gasteiger partial charge in [-0.25, -0.2) is 4.79 Å². The van der Waals surface area contributed by atoms with Crippen LogP contribution in [0.2, 0.25) is 0 Å². The van der Waals surface area contributed by atoms with Crippen molar-refractivity contribution in [3.8, 4) is 0 Å². The average Bonchev–Trinajstić information content (AvgIpc) is 2.10. The Kier molecular flexibility index (Phi) is 7.61. The van der Waals surface area contributed by atoms with Crippen LogP contribution in [-0.4, -0.2) is 28.6 Å². The van der Waals surface area contributed by atoms with Crippen LogP contribution in [0.15, 0.2) is 11.6 Å². The highest BCUT2D eigenvalue weighted by atomic mass is 32.2. The van der Waals surface area contributed by atoms with E-state index in [0.717, 1.165) is 17.9 Å². The van der Waals surface area contributed by atoms with Gasteiger partial charge in [-0.15, -0.1) is 0 Å². The molecule has 4 heteroatoms. The van der Waals surface area contributed by atoms with Crippen molar-refractivity contribution in [3.63, 3.8) is 0 Å². The van der Waals surface area contributed by atoms with Crippen molar-refractivity contribution in [1.82, 2.24) is 0 Å². The Morgan fingerprint density at radius 1 is 1.64 bits per heavy atom. The molecule has 0 aromatic heterocycles. The zero-order chi connectivity index (χ0) is 11.0. The van der Waals surface area contributed by atoms with Gasteiger partial charge in [-0.05, 0) is 25.5 Å². The Bertz CT molecular complexity index is 202. The summed E-state index contributed by atoms with van der Waals surface area (Å²) in [6.45, 7) is 3.83. The number of carboxylic acid groups (broad SMARTS) is 1. The zero-order valence-electron chi connectivity index (χ0n) is 8.82. The topological polar surface area (TPSA) is 63.3 Å². The molecular weight excluding hydrogens is 198 g/mol. The van der Waals surface area contributed by atoms with E-state index in [1.54, 1.807) is 17.8 Å². The molecule has 0 aliphatic heterocycles. The lowest BCUT2D eigenvalue weighted by Crippen LogP contribution is -2.15. The van der Waals surface area contributed by atoms with Crippen LogP contribution in [0.5, 0.6) is 0 Å². The highest BCUT2D eigenvalue weighted by Gasteiger charge is 2.02. The number of aliphatic carboxylic acids is 1. The van der Waals surface area contributed by atoms with Crippen molar-refractivity contribution in [1.29, 1.82) is 0 Å². The Morgan fingerprint density at radius 3 is 2.71 bits per heavy atom. The maximum Gasteiger partial charge on any atom is 0.331 e. The predicted molar refractivity (Wildman–Crippen MR) is 61.6 cm³/mol.